The predicted molar refractivity (Wildman–Crippen MR) is 60.3 cm³/mol. The molecule has 2 aromatic rings. The number of halogens is 2. The lowest BCUT2D eigenvalue weighted by molar-refractivity contribution is -0.0502. The molecule has 0 spiro atoms. The van der Waals surface area contributed by atoms with Gasteiger partial charge in [0.25, 0.3) is 0 Å². The van der Waals surface area contributed by atoms with E-state index in [-0.39, 0.29) is 17.2 Å². The minimum Gasteiger partial charge on any atom is -0.476 e. The van der Waals surface area contributed by atoms with Gasteiger partial charge in [-0.25, -0.2) is 4.79 Å². The fraction of sp³-hybridized carbons (Fsp3) is 0.167. The molecule has 0 saturated carbocycles. The van der Waals surface area contributed by atoms with E-state index in [1.807, 2.05) is 0 Å². The van der Waals surface area contributed by atoms with Crippen molar-refractivity contribution in [2.24, 2.45) is 0 Å². The zero-order valence-corrected chi connectivity index (χ0v) is 9.76. The third-order valence-electron chi connectivity index (χ3n) is 2.42. The van der Waals surface area contributed by atoms with Gasteiger partial charge in [0.15, 0.2) is 11.5 Å². The van der Waals surface area contributed by atoms with Crippen LogP contribution in [0.2, 0.25) is 0 Å². The number of carboxylic acid groups (broad SMARTS) is 1. The van der Waals surface area contributed by atoms with Gasteiger partial charge in [-0.3, -0.25) is 0 Å². The summed E-state index contributed by atoms with van der Waals surface area (Å²) in [5.41, 5.74) is 0.676. The van der Waals surface area contributed by atoms with E-state index in [9.17, 15) is 13.6 Å². The largest absolute Gasteiger partial charge is 0.476 e. The Morgan fingerprint density at radius 2 is 2.16 bits per heavy atom. The molecule has 0 fully saturated rings. The second kappa shape index (κ2) is 5.05. The molecule has 1 heterocycles. The number of carbonyl (C=O) groups is 1. The van der Waals surface area contributed by atoms with Crippen molar-refractivity contribution in [3.63, 3.8) is 0 Å². The fourth-order valence-corrected chi connectivity index (χ4v) is 1.49. The van der Waals surface area contributed by atoms with Crippen molar-refractivity contribution in [3.05, 3.63) is 35.5 Å². The van der Waals surface area contributed by atoms with Gasteiger partial charge in [-0.05, 0) is 18.6 Å². The minimum absolute atomic E-state index is 0.000718. The fourth-order valence-electron chi connectivity index (χ4n) is 1.49. The van der Waals surface area contributed by atoms with Crippen LogP contribution < -0.4 is 4.74 Å². The lowest BCUT2D eigenvalue weighted by Crippen LogP contribution is -2.03. The summed E-state index contributed by atoms with van der Waals surface area (Å²) in [6.07, 6.45) is 0. The average molecular weight is 269 g/mol. The van der Waals surface area contributed by atoms with E-state index in [0.717, 1.165) is 0 Å². The highest BCUT2D eigenvalue weighted by Crippen LogP contribution is 2.28. The van der Waals surface area contributed by atoms with Gasteiger partial charge in [0.2, 0.25) is 0 Å². The van der Waals surface area contributed by atoms with Gasteiger partial charge in [-0.15, -0.1) is 0 Å². The molecule has 0 aliphatic heterocycles. The Labute approximate surface area is 106 Å². The van der Waals surface area contributed by atoms with Gasteiger partial charge in [0.05, 0.1) is 0 Å². The monoisotopic (exact) mass is 269 g/mol. The number of carboxylic acids is 1. The average Bonchev–Trinajstić information content (AvgIpc) is 2.81. The molecule has 0 amide bonds. The highest BCUT2D eigenvalue weighted by atomic mass is 19.3. The van der Waals surface area contributed by atoms with E-state index in [4.69, 9.17) is 9.63 Å². The summed E-state index contributed by atoms with van der Waals surface area (Å²) < 4.78 is 33.6. The van der Waals surface area contributed by atoms with Gasteiger partial charge in [-0.1, -0.05) is 17.3 Å². The van der Waals surface area contributed by atoms with Crippen molar-refractivity contribution in [1.82, 2.24) is 5.16 Å². The Balaban J connectivity index is 2.36. The molecule has 0 atom stereocenters. The van der Waals surface area contributed by atoms with Gasteiger partial charge in [0.1, 0.15) is 5.75 Å². The summed E-state index contributed by atoms with van der Waals surface area (Å²) >= 11 is 0. The predicted octanol–water partition coefficient (Wildman–Crippen LogP) is 2.95. The summed E-state index contributed by atoms with van der Waals surface area (Å²) in [5, 5.41) is 12.1. The van der Waals surface area contributed by atoms with Crippen LogP contribution in [0.25, 0.3) is 11.3 Å². The molecule has 100 valence electrons. The first-order chi connectivity index (χ1) is 8.97. The second-order valence-electron chi connectivity index (χ2n) is 3.74. The standard InChI is InChI=1S/C12H9F2NO4/c1-6-2-3-7(4-9(6)18-12(13)14)10-5-8(11(16)17)15-19-10/h2-5,12H,1H3,(H,16,17). The van der Waals surface area contributed by atoms with Crippen LogP contribution in [0, 0.1) is 6.92 Å². The van der Waals surface area contributed by atoms with Gasteiger partial charge in [-0.2, -0.15) is 8.78 Å². The molecule has 1 aromatic heterocycles. The molecule has 0 bridgehead atoms. The number of ether oxygens (including phenoxy) is 1. The molecule has 7 heteroatoms. The minimum atomic E-state index is -2.93. The normalized spacial score (nSPS) is 10.7. The molecule has 5 nitrogen and oxygen atoms in total. The smallest absolute Gasteiger partial charge is 0.387 e. The summed E-state index contributed by atoms with van der Waals surface area (Å²) in [6.45, 7) is -1.32. The van der Waals surface area contributed by atoms with Crippen molar-refractivity contribution in [2.45, 2.75) is 13.5 Å². The maximum atomic E-state index is 12.2. The number of benzene rings is 1. The lowest BCUT2D eigenvalue weighted by atomic mass is 10.1. The van der Waals surface area contributed by atoms with Crippen LogP contribution in [0.1, 0.15) is 16.1 Å². The maximum Gasteiger partial charge on any atom is 0.387 e. The quantitative estimate of drug-likeness (QED) is 0.923. The van der Waals surface area contributed by atoms with E-state index >= 15 is 0 Å². The lowest BCUT2D eigenvalue weighted by Gasteiger charge is -2.08. The Bertz CT molecular complexity index is 610. The Morgan fingerprint density at radius 1 is 1.42 bits per heavy atom. The highest BCUT2D eigenvalue weighted by Gasteiger charge is 2.14. The first-order valence-electron chi connectivity index (χ1n) is 5.23. The van der Waals surface area contributed by atoms with E-state index in [1.165, 1.54) is 12.1 Å². The van der Waals surface area contributed by atoms with Crippen LogP contribution in [0.5, 0.6) is 5.75 Å². The van der Waals surface area contributed by atoms with Crippen molar-refractivity contribution in [3.8, 4) is 17.1 Å². The zero-order valence-electron chi connectivity index (χ0n) is 9.76. The van der Waals surface area contributed by atoms with Gasteiger partial charge in [0, 0.05) is 11.6 Å². The molecular formula is C12H9F2NO4. The van der Waals surface area contributed by atoms with Crippen molar-refractivity contribution < 1.29 is 27.9 Å². The molecule has 0 aliphatic rings. The van der Waals surface area contributed by atoms with Crippen LogP contribution in [0.15, 0.2) is 28.8 Å². The molecule has 2 rings (SSSR count). The number of alkyl halides is 2. The highest BCUT2D eigenvalue weighted by molar-refractivity contribution is 5.86. The van der Waals surface area contributed by atoms with Gasteiger partial charge < -0.3 is 14.4 Å². The molecule has 1 aromatic carbocycles. The topological polar surface area (TPSA) is 72.6 Å². The van der Waals surface area contributed by atoms with Crippen LogP contribution in [-0.4, -0.2) is 22.8 Å². The first kappa shape index (κ1) is 13.0. The van der Waals surface area contributed by atoms with Gasteiger partial charge >= 0.3 is 12.6 Å². The Kier molecular flexibility index (Phi) is 3.46. The van der Waals surface area contributed by atoms with Crippen LogP contribution in [-0.2, 0) is 0 Å². The third-order valence-corrected chi connectivity index (χ3v) is 2.42. The molecule has 0 radical (unpaired) electrons. The summed E-state index contributed by atoms with van der Waals surface area (Å²) in [4.78, 5) is 10.7. The number of hydrogen-bond donors (Lipinski definition) is 1. The van der Waals surface area contributed by atoms with Crippen molar-refractivity contribution >= 4 is 5.97 Å². The number of aryl methyl sites for hydroxylation is 1. The number of rotatable bonds is 4. The Morgan fingerprint density at radius 3 is 2.74 bits per heavy atom. The van der Waals surface area contributed by atoms with Crippen LogP contribution in [0.3, 0.4) is 0 Å². The molecule has 0 unspecified atom stereocenters. The maximum absolute atomic E-state index is 12.2. The number of hydrogen-bond acceptors (Lipinski definition) is 4. The number of nitrogens with zero attached hydrogens (tertiary/aromatic N) is 1. The van der Waals surface area contributed by atoms with E-state index < -0.39 is 12.6 Å². The number of aromatic carboxylic acids is 1. The Hall–Kier alpha value is -2.44. The third kappa shape index (κ3) is 2.87. The van der Waals surface area contributed by atoms with E-state index in [2.05, 4.69) is 9.89 Å². The SMILES string of the molecule is Cc1ccc(-c2cc(C(=O)O)no2)cc1OC(F)F. The molecule has 1 N–H and O–H groups in total. The van der Waals surface area contributed by atoms with E-state index in [0.29, 0.717) is 11.1 Å². The molecule has 0 aliphatic carbocycles. The summed E-state index contributed by atoms with van der Waals surface area (Å²) in [7, 11) is 0. The summed E-state index contributed by atoms with van der Waals surface area (Å²) in [5.74, 6) is -1.07. The molecule has 0 saturated heterocycles. The molecule has 19 heavy (non-hydrogen) atoms. The zero-order chi connectivity index (χ0) is 14.0. The molecular weight excluding hydrogens is 260 g/mol. The number of aromatic nitrogens is 1. The van der Waals surface area contributed by atoms with Crippen LogP contribution >= 0.6 is 0 Å². The van der Waals surface area contributed by atoms with Crippen molar-refractivity contribution in [1.29, 1.82) is 0 Å². The summed E-state index contributed by atoms with van der Waals surface area (Å²) in [6, 6.07) is 5.71. The van der Waals surface area contributed by atoms with Crippen LogP contribution in [0.4, 0.5) is 8.78 Å². The first-order valence-corrected chi connectivity index (χ1v) is 5.23. The van der Waals surface area contributed by atoms with Crippen molar-refractivity contribution in [2.75, 3.05) is 0 Å². The second-order valence-corrected chi connectivity index (χ2v) is 3.74. The van der Waals surface area contributed by atoms with E-state index in [1.54, 1.807) is 19.1 Å².